The van der Waals surface area contributed by atoms with E-state index in [1.807, 2.05) is 18.2 Å². The Morgan fingerprint density at radius 3 is 2.71 bits per heavy atom. The molecule has 1 aromatic rings. The molecule has 1 fully saturated rings. The van der Waals surface area contributed by atoms with Gasteiger partial charge in [0.2, 0.25) is 0 Å². The molecule has 0 bridgehead atoms. The lowest BCUT2D eigenvalue weighted by atomic mass is 10.2. The normalized spacial score (nSPS) is 23.9. The maximum atomic E-state index is 5.74. The summed E-state index contributed by atoms with van der Waals surface area (Å²) in [4.78, 5) is 0. The van der Waals surface area contributed by atoms with Gasteiger partial charge >= 0.3 is 0 Å². The lowest BCUT2D eigenvalue weighted by molar-refractivity contribution is 0.0220. The molecule has 5 heteroatoms. The largest absolute Gasteiger partial charge is 0.490 e. The van der Waals surface area contributed by atoms with Crippen LogP contribution in [0.1, 0.15) is 12.8 Å². The summed E-state index contributed by atoms with van der Waals surface area (Å²) < 4.78 is 13.4. The highest BCUT2D eigenvalue weighted by molar-refractivity contribution is 9.11. The zero-order chi connectivity index (χ0) is 12.3. The van der Waals surface area contributed by atoms with Gasteiger partial charge in [-0.25, -0.2) is 0 Å². The molecule has 1 saturated heterocycles. The Bertz CT molecular complexity index is 387. The molecular weight excluding hydrogens is 350 g/mol. The number of hydrogen-bond acceptors (Lipinski definition) is 3. The lowest BCUT2D eigenvalue weighted by Gasteiger charge is -2.14. The Morgan fingerprint density at radius 1 is 1.29 bits per heavy atom. The van der Waals surface area contributed by atoms with E-state index in [9.17, 15) is 0 Å². The molecule has 0 radical (unpaired) electrons. The zero-order valence-corrected chi connectivity index (χ0v) is 12.5. The zero-order valence-electron chi connectivity index (χ0n) is 9.36. The van der Waals surface area contributed by atoms with Crippen LogP contribution in [0.25, 0.3) is 0 Å². The van der Waals surface area contributed by atoms with Crippen molar-refractivity contribution in [2.45, 2.75) is 25.0 Å². The average Bonchev–Trinajstić information content (AvgIpc) is 2.76. The molecular formula is C12H15Br2NO2. The van der Waals surface area contributed by atoms with E-state index in [0.717, 1.165) is 27.5 Å². The van der Waals surface area contributed by atoms with Gasteiger partial charge in [0, 0.05) is 11.0 Å². The molecule has 2 rings (SSSR count). The van der Waals surface area contributed by atoms with E-state index < -0.39 is 0 Å². The van der Waals surface area contributed by atoms with Crippen molar-refractivity contribution in [2.24, 2.45) is 5.73 Å². The van der Waals surface area contributed by atoms with Gasteiger partial charge in [0.15, 0.2) is 0 Å². The molecule has 2 unspecified atom stereocenters. The van der Waals surface area contributed by atoms with Crippen molar-refractivity contribution in [3.8, 4) is 5.75 Å². The molecule has 1 heterocycles. The highest BCUT2D eigenvalue weighted by atomic mass is 79.9. The number of halogens is 2. The summed E-state index contributed by atoms with van der Waals surface area (Å²) in [5, 5.41) is 0. The summed E-state index contributed by atoms with van der Waals surface area (Å²) in [6.45, 7) is 1.18. The third-order valence-electron chi connectivity index (χ3n) is 2.78. The minimum Gasteiger partial charge on any atom is -0.490 e. The van der Waals surface area contributed by atoms with E-state index >= 15 is 0 Å². The van der Waals surface area contributed by atoms with Crippen LogP contribution < -0.4 is 10.5 Å². The first kappa shape index (κ1) is 13.3. The Balaban J connectivity index is 1.86. The SMILES string of the molecule is NCC1CCC(COc2ccc(Br)cc2Br)O1. The maximum Gasteiger partial charge on any atom is 0.133 e. The van der Waals surface area contributed by atoms with Gasteiger partial charge in [0.1, 0.15) is 12.4 Å². The van der Waals surface area contributed by atoms with Crippen LogP contribution in [0.15, 0.2) is 27.1 Å². The number of nitrogens with two attached hydrogens (primary N) is 1. The average molecular weight is 365 g/mol. The molecule has 17 heavy (non-hydrogen) atoms. The maximum absolute atomic E-state index is 5.74. The van der Waals surface area contributed by atoms with Gasteiger partial charge in [-0.1, -0.05) is 15.9 Å². The van der Waals surface area contributed by atoms with Crippen LogP contribution in [0, 0.1) is 0 Å². The van der Waals surface area contributed by atoms with Crippen LogP contribution in [-0.2, 0) is 4.74 Å². The van der Waals surface area contributed by atoms with Gasteiger partial charge in [-0.3, -0.25) is 0 Å². The van der Waals surface area contributed by atoms with E-state index in [0.29, 0.717) is 13.2 Å². The highest BCUT2D eigenvalue weighted by Crippen LogP contribution is 2.29. The van der Waals surface area contributed by atoms with Crippen LogP contribution >= 0.6 is 31.9 Å². The number of rotatable bonds is 4. The second-order valence-corrected chi connectivity index (χ2v) is 5.85. The fraction of sp³-hybridized carbons (Fsp3) is 0.500. The Kier molecular flexibility index (Phi) is 4.85. The summed E-state index contributed by atoms with van der Waals surface area (Å²) in [5.41, 5.74) is 5.57. The topological polar surface area (TPSA) is 44.5 Å². The summed E-state index contributed by atoms with van der Waals surface area (Å²) in [6.07, 6.45) is 2.43. The first-order chi connectivity index (χ1) is 8.19. The monoisotopic (exact) mass is 363 g/mol. The van der Waals surface area contributed by atoms with Crippen molar-refractivity contribution in [2.75, 3.05) is 13.2 Å². The predicted octanol–water partition coefficient (Wildman–Crippen LogP) is 3.10. The van der Waals surface area contributed by atoms with E-state index in [1.54, 1.807) is 0 Å². The summed E-state index contributed by atoms with van der Waals surface area (Å²) >= 11 is 6.87. The van der Waals surface area contributed by atoms with Crippen molar-refractivity contribution in [1.29, 1.82) is 0 Å². The summed E-state index contributed by atoms with van der Waals surface area (Å²) in [5.74, 6) is 0.841. The summed E-state index contributed by atoms with van der Waals surface area (Å²) in [7, 11) is 0. The van der Waals surface area contributed by atoms with Crippen LogP contribution in [0.5, 0.6) is 5.75 Å². The lowest BCUT2D eigenvalue weighted by Crippen LogP contribution is -2.23. The molecule has 0 spiro atoms. The minimum atomic E-state index is 0.166. The van der Waals surface area contributed by atoms with Crippen molar-refractivity contribution in [3.63, 3.8) is 0 Å². The quantitative estimate of drug-likeness (QED) is 0.892. The van der Waals surface area contributed by atoms with Gasteiger partial charge < -0.3 is 15.2 Å². The molecule has 0 aromatic heterocycles. The third kappa shape index (κ3) is 3.68. The second-order valence-electron chi connectivity index (χ2n) is 4.08. The van der Waals surface area contributed by atoms with E-state index in [1.165, 1.54) is 0 Å². The highest BCUT2D eigenvalue weighted by Gasteiger charge is 2.24. The number of hydrogen-bond donors (Lipinski definition) is 1. The molecule has 1 aromatic carbocycles. The smallest absolute Gasteiger partial charge is 0.133 e. The fourth-order valence-corrected chi connectivity index (χ4v) is 3.01. The van der Waals surface area contributed by atoms with E-state index in [4.69, 9.17) is 15.2 Å². The van der Waals surface area contributed by atoms with Crippen LogP contribution in [0.3, 0.4) is 0 Å². The van der Waals surface area contributed by atoms with Crippen molar-refractivity contribution < 1.29 is 9.47 Å². The van der Waals surface area contributed by atoms with E-state index in [2.05, 4.69) is 31.9 Å². The Labute approximate surface area is 118 Å². The minimum absolute atomic E-state index is 0.166. The molecule has 3 nitrogen and oxygen atoms in total. The number of ether oxygens (including phenoxy) is 2. The molecule has 94 valence electrons. The van der Waals surface area contributed by atoms with Gasteiger partial charge in [-0.2, -0.15) is 0 Å². The number of benzene rings is 1. The van der Waals surface area contributed by atoms with Gasteiger partial charge in [-0.05, 0) is 47.0 Å². The molecule has 2 N–H and O–H groups in total. The Hall–Kier alpha value is -0.100. The molecule has 2 atom stereocenters. The molecule has 0 aliphatic carbocycles. The summed E-state index contributed by atoms with van der Waals surface area (Å²) in [6, 6.07) is 5.86. The molecule has 1 aliphatic rings. The van der Waals surface area contributed by atoms with E-state index in [-0.39, 0.29) is 12.2 Å². The van der Waals surface area contributed by atoms with Crippen molar-refractivity contribution in [1.82, 2.24) is 0 Å². The van der Waals surface area contributed by atoms with Crippen molar-refractivity contribution in [3.05, 3.63) is 27.1 Å². The van der Waals surface area contributed by atoms with Gasteiger partial charge in [0.05, 0.1) is 16.7 Å². The first-order valence-electron chi connectivity index (χ1n) is 5.62. The third-order valence-corrected chi connectivity index (χ3v) is 3.89. The van der Waals surface area contributed by atoms with Crippen LogP contribution in [0.2, 0.25) is 0 Å². The van der Waals surface area contributed by atoms with Crippen LogP contribution in [-0.4, -0.2) is 25.4 Å². The standard InChI is InChI=1S/C12H15Br2NO2/c13-8-1-4-12(11(14)5-8)16-7-10-3-2-9(6-15)17-10/h1,4-5,9-10H,2-3,6-7,15H2. The first-order valence-corrected chi connectivity index (χ1v) is 7.21. The van der Waals surface area contributed by atoms with Crippen molar-refractivity contribution >= 4 is 31.9 Å². The molecule has 0 amide bonds. The van der Waals surface area contributed by atoms with Gasteiger partial charge in [-0.15, -0.1) is 0 Å². The molecule has 1 aliphatic heterocycles. The van der Waals surface area contributed by atoms with Crippen LogP contribution in [0.4, 0.5) is 0 Å². The predicted molar refractivity (Wildman–Crippen MR) is 74.3 cm³/mol. The Morgan fingerprint density at radius 2 is 2.06 bits per heavy atom. The fourth-order valence-electron chi connectivity index (χ4n) is 1.85. The van der Waals surface area contributed by atoms with Gasteiger partial charge in [0.25, 0.3) is 0 Å². The molecule has 0 saturated carbocycles. The second kappa shape index (κ2) is 6.18.